The van der Waals surface area contributed by atoms with Gasteiger partial charge in [-0.25, -0.2) is 4.98 Å². The molecule has 0 aliphatic carbocycles. The quantitative estimate of drug-likeness (QED) is 0.737. The molecule has 4 heteroatoms. The minimum Gasteiger partial charge on any atom is -0.359 e. The van der Waals surface area contributed by atoms with Gasteiger partial charge < -0.3 is 10.2 Å². The van der Waals surface area contributed by atoms with Crippen molar-refractivity contribution in [1.29, 1.82) is 0 Å². The average Bonchev–Trinajstić information content (AvgIpc) is 2.40. The van der Waals surface area contributed by atoms with Crippen molar-refractivity contribution in [3.05, 3.63) is 22.8 Å². The topological polar surface area (TPSA) is 28.2 Å². The first-order chi connectivity index (χ1) is 9.08. The number of nitrogens with one attached hydrogen (secondary N) is 1. The molecule has 1 rings (SSSR count). The van der Waals surface area contributed by atoms with E-state index >= 15 is 0 Å². The summed E-state index contributed by atoms with van der Waals surface area (Å²) in [5.74, 6) is 1.67. The summed E-state index contributed by atoms with van der Waals surface area (Å²) in [6.45, 7) is 9.37. The highest BCUT2D eigenvalue weighted by molar-refractivity contribution is 6.31. The zero-order valence-corrected chi connectivity index (χ0v) is 13.3. The monoisotopic (exact) mass is 283 g/mol. The largest absolute Gasteiger partial charge is 0.359 e. The summed E-state index contributed by atoms with van der Waals surface area (Å²) >= 11 is 6.19. The smallest absolute Gasteiger partial charge is 0.128 e. The van der Waals surface area contributed by atoms with E-state index in [4.69, 9.17) is 11.6 Å². The van der Waals surface area contributed by atoms with Crippen LogP contribution in [-0.4, -0.2) is 25.1 Å². The van der Waals surface area contributed by atoms with E-state index in [1.165, 1.54) is 6.42 Å². The van der Waals surface area contributed by atoms with Crippen LogP contribution in [-0.2, 0) is 6.54 Å². The molecule has 1 aromatic heterocycles. The fourth-order valence-electron chi connectivity index (χ4n) is 1.88. The lowest BCUT2D eigenvalue weighted by molar-refractivity contribution is 0.557. The highest BCUT2D eigenvalue weighted by Crippen LogP contribution is 2.19. The van der Waals surface area contributed by atoms with Crippen molar-refractivity contribution in [3.63, 3.8) is 0 Å². The zero-order chi connectivity index (χ0) is 14.3. The molecule has 19 heavy (non-hydrogen) atoms. The molecule has 108 valence electrons. The third-order valence-corrected chi connectivity index (χ3v) is 3.64. The van der Waals surface area contributed by atoms with E-state index in [1.807, 2.05) is 12.1 Å². The van der Waals surface area contributed by atoms with Gasteiger partial charge in [-0.2, -0.15) is 0 Å². The van der Waals surface area contributed by atoms with Crippen molar-refractivity contribution >= 4 is 17.4 Å². The summed E-state index contributed by atoms with van der Waals surface area (Å²) in [7, 11) is 2.09. The van der Waals surface area contributed by atoms with Gasteiger partial charge in [0.1, 0.15) is 5.82 Å². The summed E-state index contributed by atoms with van der Waals surface area (Å²) < 4.78 is 0. The molecule has 0 radical (unpaired) electrons. The van der Waals surface area contributed by atoms with Gasteiger partial charge in [-0.3, -0.25) is 0 Å². The zero-order valence-electron chi connectivity index (χ0n) is 12.5. The molecule has 0 aliphatic heterocycles. The molecule has 0 fully saturated rings. The van der Waals surface area contributed by atoms with Crippen molar-refractivity contribution in [2.24, 2.45) is 5.92 Å². The van der Waals surface area contributed by atoms with Crippen molar-refractivity contribution in [2.75, 3.05) is 25.0 Å². The van der Waals surface area contributed by atoms with Crippen LogP contribution in [0.3, 0.4) is 0 Å². The Kier molecular flexibility index (Phi) is 7.17. The van der Waals surface area contributed by atoms with E-state index in [9.17, 15) is 0 Å². The number of anilines is 1. The maximum Gasteiger partial charge on any atom is 0.128 e. The average molecular weight is 284 g/mol. The lowest BCUT2D eigenvalue weighted by Gasteiger charge is -2.22. The molecule has 1 atom stereocenters. The first-order valence-corrected chi connectivity index (χ1v) is 7.53. The van der Waals surface area contributed by atoms with E-state index in [-0.39, 0.29) is 0 Å². The van der Waals surface area contributed by atoms with Gasteiger partial charge in [0.2, 0.25) is 0 Å². The molecule has 0 saturated heterocycles. The van der Waals surface area contributed by atoms with Gasteiger partial charge in [0.05, 0.1) is 10.7 Å². The molecule has 0 saturated carbocycles. The maximum atomic E-state index is 6.19. The highest BCUT2D eigenvalue weighted by Gasteiger charge is 2.09. The second-order valence-electron chi connectivity index (χ2n) is 5.17. The van der Waals surface area contributed by atoms with Gasteiger partial charge >= 0.3 is 0 Å². The molecular formula is C15H26ClN3. The highest BCUT2D eigenvalue weighted by atomic mass is 35.5. The lowest BCUT2D eigenvalue weighted by atomic mass is 10.1. The van der Waals surface area contributed by atoms with Crippen LogP contribution < -0.4 is 10.2 Å². The molecule has 0 aliphatic rings. The number of pyridine rings is 1. The first-order valence-electron chi connectivity index (χ1n) is 7.15. The van der Waals surface area contributed by atoms with Crippen LogP contribution in [0.15, 0.2) is 12.1 Å². The van der Waals surface area contributed by atoms with E-state index in [0.717, 1.165) is 42.6 Å². The molecule has 1 aromatic rings. The van der Waals surface area contributed by atoms with Crippen molar-refractivity contribution in [2.45, 2.75) is 40.2 Å². The molecule has 3 nitrogen and oxygen atoms in total. The molecule has 1 heterocycles. The van der Waals surface area contributed by atoms with Crippen LogP contribution in [0.25, 0.3) is 0 Å². The van der Waals surface area contributed by atoms with Crippen LogP contribution >= 0.6 is 11.6 Å². The lowest BCUT2D eigenvalue weighted by Crippen LogP contribution is -2.25. The van der Waals surface area contributed by atoms with Crippen LogP contribution in [0.4, 0.5) is 5.82 Å². The Bertz CT molecular complexity index is 382. The third kappa shape index (κ3) is 5.37. The molecule has 1 N–H and O–H groups in total. The Morgan fingerprint density at radius 1 is 1.37 bits per heavy atom. The Labute approximate surface area is 122 Å². The number of hydrogen-bond donors (Lipinski definition) is 1. The second kappa shape index (κ2) is 8.39. The number of halogens is 1. The summed E-state index contributed by atoms with van der Waals surface area (Å²) in [4.78, 5) is 6.87. The number of nitrogens with zero attached hydrogens (tertiary/aromatic N) is 2. The van der Waals surface area contributed by atoms with Gasteiger partial charge in [0.25, 0.3) is 0 Å². The normalized spacial score (nSPS) is 12.5. The number of rotatable bonds is 8. The Morgan fingerprint density at radius 2 is 2.11 bits per heavy atom. The summed E-state index contributed by atoms with van der Waals surface area (Å²) in [5.41, 5.74) is 0.934. The Hall–Kier alpha value is -0.800. The van der Waals surface area contributed by atoms with Crippen LogP contribution in [0.1, 0.15) is 39.3 Å². The molecule has 0 bridgehead atoms. The predicted octanol–water partition coefficient (Wildman–Crippen LogP) is 3.72. The fraction of sp³-hybridized carbons (Fsp3) is 0.667. The molecular weight excluding hydrogens is 258 g/mol. The minimum absolute atomic E-state index is 0.671. The van der Waals surface area contributed by atoms with E-state index in [1.54, 1.807) is 0 Å². The van der Waals surface area contributed by atoms with E-state index < -0.39 is 0 Å². The molecule has 0 aromatic carbocycles. The molecule has 1 unspecified atom stereocenters. The van der Waals surface area contributed by atoms with Crippen molar-refractivity contribution < 1.29 is 0 Å². The van der Waals surface area contributed by atoms with Crippen LogP contribution in [0.5, 0.6) is 0 Å². The van der Waals surface area contributed by atoms with Gasteiger partial charge in [0.15, 0.2) is 0 Å². The SMILES string of the molecule is CCCNCc1nc(N(C)CC(C)CC)ccc1Cl. The third-order valence-electron chi connectivity index (χ3n) is 3.30. The fourth-order valence-corrected chi connectivity index (χ4v) is 2.06. The first kappa shape index (κ1) is 16.3. The Morgan fingerprint density at radius 3 is 2.74 bits per heavy atom. The van der Waals surface area contributed by atoms with Crippen molar-refractivity contribution in [3.8, 4) is 0 Å². The standard InChI is InChI=1S/C15H26ClN3/c1-5-9-17-10-14-13(16)7-8-15(18-14)19(4)11-12(3)6-2/h7-8,12,17H,5-6,9-11H2,1-4H3. The van der Waals surface area contributed by atoms with Gasteiger partial charge in [-0.1, -0.05) is 38.8 Å². The summed E-state index contributed by atoms with van der Waals surface area (Å²) in [5, 5.41) is 4.08. The van der Waals surface area contributed by atoms with Crippen molar-refractivity contribution in [1.82, 2.24) is 10.3 Å². The number of aromatic nitrogens is 1. The van der Waals surface area contributed by atoms with Crippen LogP contribution in [0.2, 0.25) is 5.02 Å². The van der Waals surface area contributed by atoms with Gasteiger partial charge in [-0.15, -0.1) is 0 Å². The van der Waals surface area contributed by atoms with Crippen LogP contribution in [0, 0.1) is 5.92 Å². The van der Waals surface area contributed by atoms with Gasteiger partial charge in [-0.05, 0) is 31.0 Å². The summed E-state index contributed by atoms with van der Waals surface area (Å²) in [6, 6.07) is 3.94. The van der Waals surface area contributed by atoms with E-state index in [2.05, 4.69) is 43.0 Å². The van der Waals surface area contributed by atoms with Gasteiger partial charge in [0, 0.05) is 20.1 Å². The van der Waals surface area contributed by atoms with E-state index in [0.29, 0.717) is 5.92 Å². The number of hydrogen-bond acceptors (Lipinski definition) is 3. The summed E-state index contributed by atoms with van der Waals surface area (Å²) in [6.07, 6.45) is 2.30. The minimum atomic E-state index is 0.671. The Balaban J connectivity index is 2.71. The molecule has 0 spiro atoms. The predicted molar refractivity (Wildman–Crippen MR) is 84.0 cm³/mol. The maximum absolute atomic E-state index is 6.19. The molecule has 0 amide bonds. The second-order valence-corrected chi connectivity index (χ2v) is 5.58.